The quantitative estimate of drug-likeness (QED) is 0.750. The normalized spacial score (nSPS) is 10.9. The van der Waals surface area contributed by atoms with Crippen LogP contribution in [0.5, 0.6) is 0 Å². The third-order valence-electron chi connectivity index (χ3n) is 1.68. The number of aromatic nitrogens is 1. The Hall–Kier alpha value is -1.41. The number of pyridine rings is 1. The van der Waals surface area contributed by atoms with E-state index >= 15 is 0 Å². The summed E-state index contributed by atoms with van der Waals surface area (Å²) in [7, 11) is -3.34. The lowest BCUT2D eigenvalue weighted by Gasteiger charge is -2.02. The second kappa shape index (κ2) is 4.20. The number of sulfone groups is 1. The highest BCUT2D eigenvalue weighted by Crippen LogP contribution is 2.14. The molecule has 1 aromatic heterocycles. The van der Waals surface area contributed by atoms with Crippen LogP contribution in [0.4, 0.5) is 0 Å². The minimum Gasteiger partial charge on any atom is -0.244 e. The predicted octanol–water partition coefficient (Wildman–Crippen LogP) is 1.14. The summed E-state index contributed by atoms with van der Waals surface area (Å²) in [5.74, 6) is 0.0490. The van der Waals surface area contributed by atoms with Gasteiger partial charge in [-0.2, -0.15) is 5.26 Å². The largest absolute Gasteiger partial charge is 0.244 e. The molecular formula is C9H10N2O2S. The van der Waals surface area contributed by atoms with E-state index in [4.69, 9.17) is 5.26 Å². The van der Waals surface area contributed by atoms with Gasteiger partial charge in [0.1, 0.15) is 11.0 Å². The molecule has 1 aromatic rings. The summed E-state index contributed by atoms with van der Waals surface area (Å²) in [5, 5.41) is 8.67. The Kier molecular flexibility index (Phi) is 3.20. The molecule has 0 radical (unpaired) electrons. The summed E-state index contributed by atoms with van der Waals surface area (Å²) < 4.78 is 23.2. The van der Waals surface area contributed by atoms with Gasteiger partial charge in [0.05, 0.1) is 5.75 Å². The van der Waals surface area contributed by atoms with Gasteiger partial charge in [0.25, 0.3) is 0 Å². The van der Waals surface area contributed by atoms with E-state index in [0.717, 1.165) is 0 Å². The van der Waals surface area contributed by atoms with E-state index in [9.17, 15) is 8.42 Å². The van der Waals surface area contributed by atoms with Gasteiger partial charge in [-0.1, -0.05) is 6.92 Å². The molecule has 0 aliphatic carbocycles. The number of nitriles is 1. The van der Waals surface area contributed by atoms with E-state index in [1.54, 1.807) is 13.0 Å². The van der Waals surface area contributed by atoms with Crippen LogP contribution < -0.4 is 0 Å². The Morgan fingerprint density at radius 1 is 1.57 bits per heavy atom. The van der Waals surface area contributed by atoms with Crippen molar-refractivity contribution < 1.29 is 8.42 Å². The van der Waals surface area contributed by atoms with Crippen LogP contribution in [-0.2, 0) is 9.84 Å². The summed E-state index contributed by atoms with van der Waals surface area (Å²) in [6.07, 6.45) is 1.94. The second-order valence-electron chi connectivity index (χ2n) is 2.78. The fourth-order valence-electron chi connectivity index (χ4n) is 1.10. The fourth-order valence-corrected chi connectivity index (χ4v) is 2.54. The zero-order chi connectivity index (χ0) is 10.6. The highest BCUT2D eigenvalue weighted by molar-refractivity contribution is 7.91. The molecule has 0 bridgehead atoms. The molecule has 5 heteroatoms. The molecule has 0 amide bonds. The van der Waals surface area contributed by atoms with Crippen molar-refractivity contribution >= 4 is 9.84 Å². The van der Waals surface area contributed by atoms with E-state index in [1.807, 2.05) is 0 Å². The number of hydrogen-bond acceptors (Lipinski definition) is 4. The first-order valence-electron chi connectivity index (χ1n) is 4.19. The zero-order valence-corrected chi connectivity index (χ0v) is 8.58. The molecule has 14 heavy (non-hydrogen) atoms. The van der Waals surface area contributed by atoms with Gasteiger partial charge in [-0.15, -0.1) is 0 Å². The van der Waals surface area contributed by atoms with Crippen molar-refractivity contribution in [2.24, 2.45) is 0 Å². The Bertz CT molecular complexity index is 460. The Balaban J connectivity index is 3.27. The van der Waals surface area contributed by atoms with Gasteiger partial charge < -0.3 is 0 Å². The SMILES string of the molecule is CCCS(=O)(=O)c1cccnc1C#N. The lowest BCUT2D eigenvalue weighted by molar-refractivity contribution is 0.594. The number of nitrogens with zero attached hydrogens (tertiary/aromatic N) is 2. The predicted molar refractivity (Wildman–Crippen MR) is 51.3 cm³/mol. The summed E-state index contributed by atoms with van der Waals surface area (Å²) in [6.45, 7) is 1.78. The average molecular weight is 210 g/mol. The first-order valence-corrected chi connectivity index (χ1v) is 5.85. The van der Waals surface area contributed by atoms with Crippen LogP contribution in [-0.4, -0.2) is 19.2 Å². The molecule has 0 fully saturated rings. The molecule has 0 N–H and O–H groups in total. The molecule has 1 rings (SSSR count). The second-order valence-corrected chi connectivity index (χ2v) is 4.86. The summed E-state index contributed by atoms with van der Waals surface area (Å²) in [4.78, 5) is 3.74. The van der Waals surface area contributed by atoms with Crippen LogP contribution in [0.1, 0.15) is 19.0 Å². The monoisotopic (exact) mass is 210 g/mol. The maximum atomic E-state index is 11.6. The molecule has 74 valence electrons. The minimum atomic E-state index is -3.34. The first kappa shape index (κ1) is 10.7. The third-order valence-corrected chi connectivity index (χ3v) is 3.63. The third kappa shape index (κ3) is 2.09. The van der Waals surface area contributed by atoms with Crippen molar-refractivity contribution in [1.82, 2.24) is 4.98 Å². The zero-order valence-electron chi connectivity index (χ0n) is 7.77. The van der Waals surface area contributed by atoms with E-state index in [-0.39, 0.29) is 16.3 Å². The van der Waals surface area contributed by atoms with Gasteiger partial charge in [-0.05, 0) is 18.6 Å². The van der Waals surface area contributed by atoms with E-state index < -0.39 is 9.84 Å². The van der Waals surface area contributed by atoms with Crippen molar-refractivity contribution in [1.29, 1.82) is 5.26 Å². The van der Waals surface area contributed by atoms with Gasteiger partial charge in [0.2, 0.25) is 0 Å². The van der Waals surface area contributed by atoms with Crippen LogP contribution >= 0.6 is 0 Å². The van der Waals surface area contributed by atoms with Crippen LogP contribution in [0.2, 0.25) is 0 Å². The molecule has 0 aliphatic rings. The Labute approximate surface area is 83.1 Å². The summed E-state index contributed by atoms with van der Waals surface area (Å²) in [6, 6.07) is 4.70. The molecule has 0 aliphatic heterocycles. The molecule has 0 saturated heterocycles. The van der Waals surface area contributed by atoms with Gasteiger partial charge in [0, 0.05) is 6.20 Å². The van der Waals surface area contributed by atoms with Crippen LogP contribution in [0.3, 0.4) is 0 Å². The molecule has 0 saturated carbocycles. The standard InChI is InChI=1S/C9H10N2O2S/c1-2-6-14(12,13)9-4-3-5-11-8(9)7-10/h3-5H,2,6H2,1H3. The number of rotatable bonds is 3. The molecule has 0 aromatic carbocycles. The molecule has 1 heterocycles. The van der Waals surface area contributed by atoms with Gasteiger partial charge in [0.15, 0.2) is 15.5 Å². The van der Waals surface area contributed by atoms with E-state index in [1.165, 1.54) is 18.3 Å². The van der Waals surface area contributed by atoms with Crippen molar-refractivity contribution in [3.8, 4) is 6.07 Å². The van der Waals surface area contributed by atoms with Gasteiger partial charge >= 0.3 is 0 Å². The average Bonchev–Trinajstić information content (AvgIpc) is 2.18. The molecular weight excluding hydrogens is 200 g/mol. The van der Waals surface area contributed by atoms with E-state index in [2.05, 4.69) is 4.98 Å². The van der Waals surface area contributed by atoms with E-state index in [0.29, 0.717) is 6.42 Å². The lowest BCUT2D eigenvalue weighted by Crippen LogP contribution is -2.08. The highest BCUT2D eigenvalue weighted by Gasteiger charge is 2.17. The highest BCUT2D eigenvalue weighted by atomic mass is 32.2. The maximum Gasteiger partial charge on any atom is 0.181 e. The molecule has 0 atom stereocenters. The minimum absolute atomic E-state index is 0.0269. The van der Waals surface area contributed by atoms with Crippen molar-refractivity contribution in [2.75, 3.05) is 5.75 Å². The van der Waals surface area contributed by atoms with Gasteiger partial charge in [-0.3, -0.25) is 0 Å². The maximum absolute atomic E-state index is 11.6. The Morgan fingerprint density at radius 3 is 2.86 bits per heavy atom. The molecule has 0 spiro atoms. The summed E-state index contributed by atoms with van der Waals surface area (Å²) >= 11 is 0. The Morgan fingerprint density at radius 2 is 2.29 bits per heavy atom. The summed E-state index contributed by atoms with van der Waals surface area (Å²) in [5.41, 5.74) is -0.0269. The molecule has 0 unspecified atom stereocenters. The van der Waals surface area contributed by atoms with Crippen molar-refractivity contribution in [2.45, 2.75) is 18.2 Å². The first-order chi connectivity index (χ1) is 6.61. The molecule has 4 nitrogen and oxygen atoms in total. The van der Waals surface area contributed by atoms with Crippen LogP contribution in [0, 0.1) is 11.3 Å². The van der Waals surface area contributed by atoms with Crippen LogP contribution in [0.15, 0.2) is 23.2 Å². The lowest BCUT2D eigenvalue weighted by atomic mass is 10.4. The fraction of sp³-hybridized carbons (Fsp3) is 0.333. The van der Waals surface area contributed by atoms with Crippen molar-refractivity contribution in [3.05, 3.63) is 24.0 Å². The van der Waals surface area contributed by atoms with Crippen LogP contribution in [0.25, 0.3) is 0 Å². The van der Waals surface area contributed by atoms with Gasteiger partial charge in [-0.25, -0.2) is 13.4 Å². The smallest absolute Gasteiger partial charge is 0.181 e. The van der Waals surface area contributed by atoms with Crippen molar-refractivity contribution in [3.63, 3.8) is 0 Å². The number of hydrogen-bond donors (Lipinski definition) is 0. The topological polar surface area (TPSA) is 70.8 Å².